The van der Waals surface area contributed by atoms with Crippen LogP contribution in [-0.4, -0.2) is 22.1 Å². The van der Waals surface area contributed by atoms with E-state index >= 15 is 0 Å². The van der Waals surface area contributed by atoms with Crippen LogP contribution in [0.1, 0.15) is 41.9 Å². The van der Waals surface area contributed by atoms with Gasteiger partial charge in [-0.25, -0.2) is 0 Å². The van der Waals surface area contributed by atoms with E-state index in [1.54, 1.807) is 0 Å². The van der Waals surface area contributed by atoms with E-state index in [9.17, 15) is 5.11 Å². The summed E-state index contributed by atoms with van der Waals surface area (Å²) in [4.78, 5) is 1.40. The molecule has 0 spiro atoms. The van der Waals surface area contributed by atoms with Gasteiger partial charge in [0, 0.05) is 26.9 Å². The fraction of sp³-hybridized carbons (Fsp3) is 0.444. The topological polar surface area (TPSA) is 32.3 Å². The van der Waals surface area contributed by atoms with E-state index in [0.717, 1.165) is 16.4 Å². The molecule has 2 atom stereocenters. The molecule has 126 valence electrons. The Balaban J connectivity index is 1.89. The highest BCUT2D eigenvalue weighted by Gasteiger charge is 2.14. The molecular formula is C18H23ClINOS. The number of thiophene rings is 1. The molecule has 0 saturated carbocycles. The van der Waals surface area contributed by atoms with Gasteiger partial charge in [0.2, 0.25) is 0 Å². The number of rotatable bonds is 8. The SMILES string of the molecule is CC(C)c1csc(CC(CI)NCC(O)c2cccc(Cl)c2)c1. The molecule has 1 heterocycles. The molecule has 0 aliphatic carbocycles. The second-order valence-corrected chi connectivity index (χ2v) is 8.35. The van der Waals surface area contributed by atoms with Crippen molar-refractivity contribution in [1.29, 1.82) is 0 Å². The minimum atomic E-state index is -0.534. The number of benzene rings is 1. The summed E-state index contributed by atoms with van der Waals surface area (Å²) in [6.07, 6.45) is 0.469. The van der Waals surface area contributed by atoms with Gasteiger partial charge in [-0.05, 0) is 47.0 Å². The molecule has 5 heteroatoms. The third-order valence-corrected chi connectivity index (χ3v) is 6.08. The minimum Gasteiger partial charge on any atom is -0.387 e. The first kappa shape index (κ1) is 19.2. The average molecular weight is 464 g/mol. The van der Waals surface area contributed by atoms with Crippen molar-refractivity contribution in [2.75, 3.05) is 11.0 Å². The van der Waals surface area contributed by atoms with Crippen LogP contribution in [-0.2, 0) is 6.42 Å². The minimum absolute atomic E-state index is 0.364. The van der Waals surface area contributed by atoms with Gasteiger partial charge in [0.1, 0.15) is 0 Å². The van der Waals surface area contributed by atoms with Gasteiger partial charge < -0.3 is 10.4 Å². The summed E-state index contributed by atoms with van der Waals surface area (Å²) >= 11 is 10.2. The lowest BCUT2D eigenvalue weighted by Crippen LogP contribution is -2.35. The van der Waals surface area contributed by atoms with Crippen LogP contribution in [0, 0.1) is 0 Å². The van der Waals surface area contributed by atoms with Gasteiger partial charge in [-0.2, -0.15) is 0 Å². The van der Waals surface area contributed by atoms with E-state index in [2.05, 4.69) is 53.2 Å². The van der Waals surface area contributed by atoms with Crippen molar-refractivity contribution >= 4 is 45.5 Å². The number of hydrogen-bond donors (Lipinski definition) is 2. The zero-order valence-electron chi connectivity index (χ0n) is 13.4. The van der Waals surface area contributed by atoms with Crippen LogP contribution in [0.25, 0.3) is 0 Å². The van der Waals surface area contributed by atoms with Gasteiger partial charge in [0.05, 0.1) is 6.10 Å². The zero-order chi connectivity index (χ0) is 16.8. The first-order valence-electron chi connectivity index (χ1n) is 7.79. The first-order valence-corrected chi connectivity index (χ1v) is 10.6. The van der Waals surface area contributed by atoms with E-state index in [1.807, 2.05) is 35.6 Å². The van der Waals surface area contributed by atoms with Crippen LogP contribution in [0.15, 0.2) is 35.7 Å². The highest BCUT2D eigenvalue weighted by molar-refractivity contribution is 14.1. The summed E-state index contributed by atoms with van der Waals surface area (Å²) in [7, 11) is 0. The molecule has 23 heavy (non-hydrogen) atoms. The van der Waals surface area contributed by atoms with Gasteiger partial charge in [-0.1, -0.05) is 60.2 Å². The summed E-state index contributed by atoms with van der Waals surface area (Å²) in [5.74, 6) is 0.579. The maximum absolute atomic E-state index is 10.3. The predicted molar refractivity (Wildman–Crippen MR) is 109 cm³/mol. The average Bonchev–Trinajstić information content (AvgIpc) is 3.00. The van der Waals surface area contributed by atoms with Crippen molar-refractivity contribution in [3.05, 3.63) is 56.7 Å². The highest BCUT2D eigenvalue weighted by Crippen LogP contribution is 2.23. The summed E-state index contributed by atoms with van der Waals surface area (Å²) in [5.41, 5.74) is 2.27. The zero-order valence-corrected chi connectivity index (χ0v) is 17.2. The van der Waals surface area contributed by atoms with E-state index < -0.39 is 6.10 Å². The van der Waals surface area contributed by atoms with Crippen LogP contribution < -0.4 is 5.32 Å². The van der Waals surface area contributed by atoms with Crippen LogP contribution in [0.5, 0.6) is 0 Å². The largest absolute Gasteiger partial charge is 0.387 e. The fourth-order valence-electron chi connectivity index (χ4n) is 2.34. The lowest BCUT2D eigenvalue weighted by molar-refractivity contribution is 0.171. The molecule has 2 aromatic rings. The number of halogens is 2. The van der Waals surface area contributed by atoms with Gasteiger partial charge in [0.25, 0.3) is 0 Å². The predicted octanol–water partition coefficient (Wildman–Crippen LogP) is 5.19. The molecule has 1 aromatic carbocycles. The number of nitrogens with one attached hydrogen (secondary N) is 1. The first-order chi connectivity index (χ1) is 11.0. The molecule has 2 rings (SSSR count). The Morgan fingerprint density at radius 2 is 2.04 bits per heavy atom. The number of aliphatic hydroxyl groups excluding tert-OH is 1. The summed E-state index contributed by atoms with van der Waals surface area (Å²) in [5, 5.41) is 16.7. The maximum atomic E-state index is 10.3. The van der Waals surface area contributed by atoms with Crippen LogP contribution in [0.2, 0.25) is 5.02 Å². The molecule has 0 fully saturated rings. The van der Waals surface area contributed by atoms with Crippen LogP contribution in [0.4, 0.5) is 0 Å². The summed E-state index contributed by atoms with van der Waals surface area (Å²) < 4.78 is 1.01. The van der Waals surface area contributed by atoms with Crippen molar-refractivity contribution in [2.24, 2.45) is 0 Å². The monoisotopic (exact) mass is 463 g/mol. The van der Waals surface area contributed by atoms with Gasteiger partial charge in [0.15, 0.2) is 0 Å². The molecule has 2 N–H and O–H groups in total. The Hall–Kier alpha value is -0.140. The van der Waals surface area contributed by atoms with Crippen molar-refractivity contribution in [3.63, 3.8) is 0 Å². The normalized spacial score (nSPS) is 14.2. The Bertz CT molecular complexity index is 617. The number of hydrogen-bond acceptors (Lipinski definition) is 3. The van der Waals surface area contributed by atoms with Crippen molar-refractivity contribution in [3.8, 4) is 0 Å². The number of aliphatic hydroxyl groups is 1. The molecule has 1 aromatic heterocycles. The van der Waals surface area contributed by atoms with Gasteiger partial charge >= 0.3 is 0 Å². The Labute approximate surface area is 161 Å². The number of alkyl halides is 1. The second-order valence-electron chi connectivity index (χ2n) is 6.04. The van der Waals surface area contributed by atoms with Crippen LogP contribution in [0.3, 0.4) is 0 Å². The second kappa shape index (κ2) is 9.37. The Morgan fingerprint density at radius 3 is 2.65 bits per heavy atom. The van der Waals surface area contributed by atoms with Crippen LogP contribution >= 0.6 is 45.5 Å². The lowest BCUT2D eigenvalue weighted by Gasteiger charge is -2.19. The third-order valence-electron chi connectivity index (χ3n) is 3.81. The molecule has 2 nitrogen and oxygen atoms in total. The molecular weight excluding hydrogens is 441 g/mol. The van der Waals surface area contributed by atoms with E-state index in [-0.39, 0.29) is 0 Å². The highest BCUT2D eigenvalue weighted by atomic mass is 127. The molecule has 0 bridgehead atoms. The van der Waals surface area contributed by atoms with E-state index in [1.165, 1.54) is 10.4 Å². The smallest absolute Gasteiger partial charge is 0.0915 e. The molecule has 0 saturated heterocycles. The molecule has 0 radical (unpaired) electrons. The van der Waals surface area contributed by atoms with E-state index in [0.29, 0.717) is 23.5 Å². The summed E-state index contributed by atoms with van der Waals surface area (Å²) in [6, 6.07) is 10.1. The quantitative estimate of drug-likeness (QED) is 0.417. The Kier molecular flexibility index (Phi) is 7.82. The molecule has 0 aliphatic heterocycles. The lowest BCUT2D eigenvalue weighted by atomic mass is 10.1. The van der Waals surface area contributed by atoms with Gasteiger partial charge in [-0.15, -0.1) is 11.3 Å². The van der Waals surface area contributed by atoms with Gasteiger partial charge in [-0.3, -0.25) is 0 Å². The summed E-state index contributed by atoms with van der Waals surface area (Å²) in [6.45, 7) is 4.99. The van der Waals surface area contributed by atoms with Crippen molar-refractivity contribution in [1.82, 2.24) is 5.32 Å². The molecule has 0 aliphatic rings. The molecule has 0 amide bonds. The fourth-order valence-corrected chi connectivity index (χ4v) is 4.29. The Morgan fingerprint density at radius 1 is 1.26 bits per heavy atom. The molecule has 2 unspecified atom stereocenters. The standard InChI is InChI=1S/C18H23ClINOS/c1-12(2)14-7-17(23-11-14)8-16(9-20)21-10-18(22)13-4-3-5-15(19)6-13/h3-7,11-12,16,18,21-22H,8-10H2,1-2H3. The van der Waals surface area contributed by atoms with Crippen molar-refractivity contribution < 1.29 is 5.11 Å². The van der Waals surface area contributed by atoms with E-state index in [4.69, 9.17) is 11.6 Å². The third kappa shape index (κ3) is 6.02. The maximum Gasteiger partial charge on any atom is 0.0915 e. The van der Waals surface area contributed by atoms with Crippen molar-refractivity contribution in [2.45, 2.75) is 38.3 Å².